The number of aryl methyl sites for hydroxylation is 1. The Balaban J connectivity index is 1.55. The summed E-state index contributed by atoms with van der Waals surface area (Å²) in [5.74, 6) is 1.09. The number of thiophene rings is 1. The standard InChI is InChI=1S/C29H33ClN2O4S/c1-19-16-22(10-11-24(19)30)36-18-25-23-13-15-37-26(23)12-14-31(25)27(33)17-32(29(2,3)4)28(34)20-6-8-21(35-5)9-7-20/h6-11,13,15-16,25H,12,14,17-18H2,1-5H3. The van der Waals surface area contributed by atoms with E-state index in [4.69, 9.17) is 21.1 Å². The van der Waals surface area contributed by atoms with Gasteiger partial charge in [-0.2, -0.15) is 0 Å². The highest BCUT2D eigenvalue weighted by molar-refractivity contribution is 7.10. The molecule has 0 saturated heterocycles. The van der Waals surface area contributed by atoms with Crippen LogP contribution in [0.2, 0.25) is 5.02 Å². The van der Waals surface area contributed by atoms with Crippen molar-refractivity contribution in [1.29, 1.82) is 0 Å². The summed E-state index contributed by atoms with van der Waals surface area (Å²) < 4.78 is 11.4. The topological polar surface area (TPSA) is 59.1 Å². The number of hydrogen-bond acceptors (Lipinski definition) is 5. The highest BCUT2D eigenvalue weighted by Crippen LogP contribution is 2.34. The normalized spacial score (nSPS) is 15.2. The van der Waals surface area contributed by atoms with Crippen LogP contribution in [0.3, 0.4) is 0 Å². The Hall–Kier alpha value is -3.03. The number of carbonyl (C=O) groups excluding carboxylic acids is 2. The summed E-state index contributed by atoms with van der Waals surface area (Å²) in [7, 11) is 1.59. The van der Waals surface area contributed by atoms with E-state index in [0.29, 0.717) is 35.2 Å². The fraction of sp³-hybridized carbons (Fsp3) is 0.379. The highest BCUT2D eigenvalue weighted by atomic mass is 35.5. The minimum atomic E-state index is -0.553. The van der Waals surface area contributed by atoms with Gasteiger partial charge in [0.15, 0.2) is 0 Å². The Bertz CT molecular complexity index is 1270. The summed E-state index contributed by atoms with van der Waals surface area (Å²) in [6.45, 7) is 8.64. The first kappa shape index (κ1) is 27.0. The maximum atomic E-state index is 13.8. The van der Waals surface area contributed by atoms with Crippen molar-refractivity contribution in [2.45, 2.75) is 45.7 Å². The van der Waals surface area contributed by atoms with Gasteiger partial charge in [-0.25, -0.2) is 0 Å². The molecule has 0 N–H and O–H groups in total. The number of amides is 2. The molecule has 1 aliphatic heterocycles. The second-order valence-corrected chi connectivity index (χ2v) is 11.6. The molecular weight excluding hydrogens is 508 g/mol. The number of carbonyl (C=O) groups is 2. The number of rotatable bonds is 7. The van der Waals surface area contributed by atoms with Crippen molar-refractivity contribution in [2.75, 3.05) is 26.8 Å². The van der Waals surface area contributed by atoms with Crippen molar-refractivity contribution >= 4 is 34.8 Å². The second-order valence-electron chi connectivity index (χ2n) is 10.2. The molecule has 0 aliphatic carbocycles. The Morgan fingerprint density at radius 1 is 1.11 bits per heavy atom. The van der Waals surface area contributed by atoms with Gasteiger partial charge in [0.1, 0.15) is 24.7 Å². The zero-order chi connectivity index (χ0) is 26.7. The molecule has 2 heterocycles. The van der Waals surface area contributed by atoms with Crippen molar-refractivity contribution in [1.82, 2.24) is 9.80 Å². The first-order chi connectivity index (χ1) is 17.6. The first-order valence-corrected chi connectivity index (χ1v) is 13.5. The van der Waals surface area contributed by atoms with Crippen LogP contribution in [0, 0.1) is 6.92 Å². The molecule has 1 atom stereocenters. The third-order valence-electron chi connectivity index (χ3n) is 6.64. The van der Waals surface area contributed by atoms with Gasteiger partial charge in [-0.15, -0.1) is 11.3 Å². The molecule has 0 fully saturated rings. The SMILES string of the molecule is COc1ccc(C(=O)N(CC(=O)N2CCc3sccc3C2COc2ccc(Cl)c(C)c2)C(C)(C)C)cc1. The number of benzene rings is 2. The van der Waals surface area contributed by atoms with Crippen LogP contribution in [0.15, 0.2) is 53.9 Å². The van der Waals surface area contributed by atoms with E-state index in [-0.39, 0.29) is 24.4 Å². The zero-order valence-electron chi connectivity index (χ0n) is 21.9. The van der Waals surface area contributed by atoms with Gasteiger partial charge in [0.05, 0.1) is 13.2 Å². The summed E-state index contributed by atoms with van der Waals surface area (Å²) in [5, 5.41) is 2.75. The quantitative estimate of drug-likeness (QED) is 0.360. The van der Waals surface area contributed by atoms with E-state index in [1.807, 2.05) is 50.8 Å². The number of ether oxygens (including phenoxy) is 2. The number of halogens is 1. The minimum Gasteiger partial charge on any atom is -0.497 e. The summed E-state index contributed by atoms with van der Waals surface area (Å²) in [6, 6.07) is 14.4. The predicted octanol–water partition coefficient (Wildman–Crippen LogP) is 6.16. The van der Waals surface area contributed by atoms with Crippen LogP contribution in [0.4, 0.5) is 0 Å². The minimum absolute atomic E-state index is 0.0234. The van der Waals surface area contributed by atoms with E-state index in [2.05, 4.69) is 11.4 Å². The van der Waals surface area contributed by atoms with Crippen molar-refractivity contribution in [3.63, 3.8) is 0 Å². The van der Waals surface area contributed by atoms with Crippen LogP contribution in [0.1, 0.15) is 53.2 Å². The van der Waals surface area contributed by atoms with Crippen molar-refractivity contribution in [2.24, 2.45) is 0 Å². The lowest BCUT2D eigenvalue weighted by Crippen LogP contribution is -2.53. The second kappa shape index (κ2) is 11.2. The molecule has 1 unspecified atom stereocenters. The molecule has 4 rings (SSSR count). The lowest BCUT2D eigenvalue weighted by Gasteiger charge is -2.40. The molecule has 37 heavy (non-hydrogen) atoms. The molecule has 0 spiro atoms. The molecule has 8 heteroatoms. The Labute approximate surface area is 227 Å². The van der Waals surface area contributed by atoms with Crippen LogP contribution >= 0.6 is 22.9 Å². The van der Waals surface area contributed by atoms with Crippen molar-refractivity contribution in [3.05, 3.63) is 80.5 Å². The largest absolute Gasteiger partial charge is 0.497 e. The smallest absolute Gasteiger partial charge is 0.254 e. The van der Waals surface area contributed by atoms with Gasteiger partial charge in [-0.3, -0.25) is 9.59 Å². The maximum Gasteiger partial charge on any atom is 0.254 e. The van der Waals surface area contributed by atoms with E-state index >= 15 is 0 Å². The molecule has 2 amide bonds. The van der Waals surface area contributed by atoms with Gasteiger partial charge in [0.25, 0.3) is 5.91 Å². The predicted molar refractivity (Wildman–Crippen MR) is 148 cm³/mol. The molecule has 0 bridgehead atoms. The van der Waals surface area contributed by atoms with Crippen molar-refractivity contribution in [3.8, 4) is 11.5 Å². The van der Waals surface area contributed by atoms with Gasteiger partial charge in [0.2, 0.25) is 5.91 Å². The van der Waals surface area contributed by atoms with E-state index in [1.165, 1.54) is 4.88 Å². The fourth-order valence-corrected chi connectivity index (χ4v) is 5.53. The number of methoxy groups -OCH3 is 1. The fourth-order valence-electron chi connectivity index (χ4n) is 4.49. The van der Waals surface area contributed by atoms with Crippen LogP contribution < -0.4 is 9.47 Å². The van der Waals surface area contributed by atoms with Gasteiger partial charge < -0.3 is 19.3 Å². The van der Waals surface area contributed by atoms with Gasteiger partial charge in [-0.05, 0) is 99.2 Å². The molecule has 0 radical (unpaired) electrons. The van der Waals surface area contributed by atoms with Crippen LogP contribution in [0.25, 0.3) is 0 Å². The average molecular weight is 541 g/mol. The van der Waals surface area contributed by atoms with Gasteiger partial charge in [-0.1, -0.05) is 11.6 Å². The third kappa shape index (κ3) is 6.11. The molecule has 2 aromatic carbocycles. The maximum absolute atomic E-state index is 13.8. The lowest BCUT2D eigenvalue weighted by molar-refractivity contribution is -0.136. The van der Waals surface area contributed by atoms with Crippen molar-refractivity contribution < 1.29 is 19.1 Å². The monoisotopic (exact) mass is 540 g/mol. The third-order valence-corrected chi connectivity index (χ3v) is 8.06. The van der Waals surface area contributed by atoms with E-state index < -0.39 is 5.54 Å². The highest BCUT2D eigenvalue weighted by Gasteiger charge is 2.36. The van der Waals surface area contributed by atoms with Crippen LogP contribution in [0.5, 0.6) is 11.5 Å². The van der Waals surface area contributed by atoms with Crippen LogP contribution in [-0.4, -0.2) is 54.0 Å². The van der Waals surface area contributed by atoms with Gasteiger partial charge in [0, 0.05) is 27.5 Å². The van der Waals surface area contributed by atoms with E-state index in [9.17, 15) is 9.59 Å². The summed E-state index contributed by atoms with van der Waals surface area (Å²) >= 11 is 7.88. The Kier molecular flexibility index (Phi) is 8.14. The van der Waals surface area contributed by atoms with Crippen LogP contribution in [-0.2, 0) is 11.2 Å². The Morgan fingerprint density at radius 2 is 1.81 bits per heavy atom. The summed E-state index contributed by atoms with van der Waals surface area (Å²) in [5.41, 5.74) is 2.01. The number of nitrogens with zero attached hydrogens (tertiary/aromatic N) is 2. The molecule has 3 aromatic rings. The number of fused-ring (bicyclic) bond motifs is 1. The molecule has 196 valence electrons. The molecule has 1 aliphatic rings. The summed E-state index contributed by atoms with van der Waals surface area (Å²) in [6.07, 6.45) is 0.789. The van der Waals surface area contributed by atoms with E-state index in [0.717, 1.165) is 17.5 Å². The average Bonchev–Trinajstić information content (AvgIpc) is 3.36. The first-order valence-electron chi connectivity index (χ1n) is 12.3. The molecule has 0 saturated carbocycles. The molecular formula is C29H33ClN2O4S. The van der Waals surface area contributed by atoms with Gasteiger partial charge >= 0.3 is 0 Å². The van der Waals surface area contributed by atoms with E-state index in [1.54, 1.807) is 47.6 Å². The molecule has 1 aromatic heterocycles. The molecule has 6 nitrogen and oxygen atoms in total. The zero-order valence-corrected chi connectivity index (χ0v) is 23.5. The Morgan fingerprint density at radius 3 is 2.46 bits per heavy atom. The lowest BCUT2D eigenvalue weighted by atomic mass is 9.99. The summed E-state index contributed by atoms with van der Waals surface area (Å²) in [4.78, 5) is 32.1. The number of hydrogen-bond donors (Lipinski definition) is 0.